The molecule has 0 aliphatic carbocycles. The van der Waals surface area contributed by atoms with Gasteiger partial charge in [0, 0.05) is 19.7 Å². The van der Waals surface area contributed by atoms with Gasteiger partial charge in [0.1, 0.15) is 5.52 Å². The highest BCUT2D eigenvalue weighted by molar-refractivity contribution is 7.89. The smallest absolute Gasteiger partial charge is 0.267 e. The van der Waals surface area contributed by atoms with Crippen molar-refractivity contribution in [3.05, 3.63) is 54.1 Å². The fraction of sp³-hybridized carbons (Fsp3) is 0.133. The van der Waals surface area contributed by atoms with E-state index in [1.807, 2.05) is 6.07 Å². The maximum Gasteiger partial charge on any atom is 0.280 e. The van der Waals surface area contributed by atoms with Crippen molar-refractivity contribution < 1.29 is 13.2 Å². The molecule has 0 atom stereocenters. The molecule has 0 aliphatic heterocycles. The van der Waals surface area contributed by atoms with Gasteiger partial charge in [0.25, 0.3) is 5.91 Å². The van der Waals surface area contributed by atoms with Gasteiger partial charge >= 0.3 is 0 Å². The molecular formula is C15H14N4O3S. The quantitative estimate of drug-likeness (QED) is 0.724. The summed E-state index contributed by atoms with van der Waals surface area (Å²) >= 11 is 0. The molecule has 0 fully saturated rings. The third-order valence-corrected chi connectivity index (χ3v) is 5.25. The average molecular weight is 330 g/mol. The van der Waals surface area contributed by atoms with Crippen molar-refractivity contribution in [3.63, 3.8) is 0 Å². The molecule has 0 spiro atoms. The van der Waals surface area contributed by atoms with Crippen molar-refractivity contribution in [3.8, 4) is 0 Å². The molecular weight excluding hydrogens is 316 g/mol. The first kappa shape index (κ1) is 15.3. The van der Waals surface area contributed by atoms with E-state index in [9.17, 15) is 13.2 Å². The molecule has 8 heteroatoms. The number of aromatic nitrogens is 3. The normalized spacial score (nSPS) is 12.0. The number of rotatable bonds is 3. The topological polar surface area (TPSA) is 85.2 Å². The summed E-state index contributed by atoms with van der Waals surface area (Å²) in [7, 11) is -0.612. The number of para-hydroxylation sites is 1. The highest BCUT2D eigenvalue weighted by atomic mass is 32.2. The van der Waals surface area contributed by atoms with Gasteiger partial charge in [-0.1, -0.05) is 17.3 Å². The monoisotopic (exact) mass is 330 g/mol. The van der Waals surface area contributed by atoms with E-state index in [-0.39, 0.29) is 10.8 Å². The lowest BCUT2D eigenvalue weighted by molar-refractivity contribution is 0.0948. The van der Waals surface area contributed by atoms with Crippen LogP contribution in [0.15, 0.2) is 53.4 Å². The van der Waals surface area contributed by atoms with Crippen LogP contribution in [0.5, 0.6) is 0 Å². The van der Waals surface area contributed by atoms with Gasteiger partial charge in [-0.3, -0.25) is 4.79 Å². The van der Waals surface area contributed by atoms with E-state index < -0.39 is 10.0 Å². The molecule has 0 saturated heterocycles. The summed E-state index contributed by atoms with van der Waals surface area (Å²) in [5, 5.41) is 7.80. The van der Waals surface area contributed by atoms with Gasteiger partial charge < -0.3 is 0 Å². The molecule has 118 valence electrons. The van der Waals surface area contributed by atoms with Gasteiger partial charge in [0.15, 0.2) is 0 Å². The van der Waals surface area contributed by atoms with Crippen molar-refractivity contribution in [2.24, 2.45) is 0 Å². The predicted molar refractivity (Wildman–Crippen MR) is 84.6 cm³/mol. The van der Waals surface area contributed by atoms with Crippen LogP contribution >= 0.6 is 0 Å². The Balaban J connectivity index is 1.98. The van der Waals surface area contributed by atoms with E-state index >= 15 is 0 Å². The van der Waals surface area contributed by atoms with Crippen molar-refractivity contribution in [2.75, 3.05) is 14.1 Å². The van der Waals surface area contributed by atoms with Crippen LogP contribution in [-0.4, -0.2) is 47.7 Å². The largest absolute Gasteiger partial charge is 0.280 e. The molecule has 3 aromatic rings. The average Bonchev–Trinajstić information content (AvgIpc) is 2.98. The van der Waals surface area contributed by atoms with Crippen LogP contribution in [-0.2, 0) is 10.0 Å². The lowest BCUT2D eigenvalue weighted by Gasteiger charge is -2.11. The zero-order valence-corrected chi connectivity index (χ0v) is 13.4. The molecule has 0 N–H and O–H groups in total. The van der Waals surface area contributed by atoms with Crippen molar-refractivity contribution >= 4 is 27.0 Å². The molecule has 3 rings (SSSR count). The number of carbonyl (C=O) groups excluding carboxylic acids is 1. The van der Waals surface area contributed by atoms with E-state index in [0.29, 0.717) is 16.6 Å². The Kier molecular flexibility index (Phi) is 3.70. The number of benzene rings is 2. The van der Waals surface area contributed by atoms with Gasteiger partial charge in [0.2, 0.25) is 10.0 Å². The van der Waals surface area contributed by atoms with Gasteiger partial charge in [-0.05, 0) is 36.4 Å². The number of carbonyl (C=O) groups is 1. The number of hydrogen-bond donors (Lipinski definition) is 0. The van der Waals surface area contributed by atoms with Crippen molar-refractivity contribution in [1.82, 2.24) is 19.3 Å². The molecule has 2 aromatic carbocycles. The minimum atomic E-state index is -3.52. The molecule has 0 amide bonds. The summed E-state index contributed by atoms with van der Waals surface area (Å²) in [6.45, 7) is 0. The predicted octanol–water partition coefficient (Wildman–Crippen LogP) is 1.37. The minimum absolute atomic E-state index is 0.127. The van der Waals surface area contributed by atoms with E-state index in [0.717, 1.165) is 4.31 Å². The van der Waals surface area contributed by atoms with E-state index in [4.69, 9.17) is 0 Å². The zero-order chi connectivity index (χ0) is 16.6. The Morgan fingerprint density at radius 3 is 2.35 bits per heavy atom. The summed E-state index contributed by atoms with van der Waals surface area (Å²) in [6, 6.07) is 12.9. The fourth-order valence-electron chi connectivity index (χ4n) is 2.12. The van der Waals surface area contributed by atoms with E-state index in [1.165, 1.54) is 43.0 Å². The first-order valence-corrected chi connectivity index (χ1v) is 8.23. The maximum atomic E-state index is 12.5. The molecule has 0 bridgehead atoms. The molecule has 0 radical (unpaired) electrons. The summed E-state index contributed by atoms with van der Waals surface area (Å²) in [4.78, 5) is 12.6. The Morgan fingerprint density at radius 2 is 1.70 bits per heavy atom. The molecule has 0 saturated carbocycles. The fourth-order valence-corrected chi connectivity index (χ4v) is 3.02. The van der Waals surface area contributed by atoms with Crippen LogP contribution in [0.4, 0.5) is 0 Å². The van der Waals surface area contributed by atoms with Crippen molar-refractivity contribution in [2.45, 2.75) is 4.90 Å². The Labute approximate surface area is 133 Å². The lowest BCUT2D eigenvalue weighted by atomic mass is 10.2. The Hall–Kier alpha value is -2.58. The van der Waals surface area contributed by atoms with Crippen LogP contribution < -0.4 is 0 Å². The number of fused-ring (bicyclic) bond motifs is 1. The third kappa shape index (κ3) is 2.62. The van der Waals surface area contributed by atoms with Crippen LogP contribution in [0.3, 0.4) is 0 Å². The summed E-state index contributed by atoms with van der Waals surface area (Å²) in [5.41, 5.74) is 1.55. The second kappa shape index (κ2) is 5.56. The molecule has 1 heterocycles. The lowest BCUT2D eigenvalue weighted by Crippen LogP contribution is -2.22. The van der Waals surface area contributed by atoms with Gasteiger partial charge in [-0.15, -0.1) is 5.10 Å². The van der Waals surface area contributed by atoms with Crippen LogP contribution in [0, 0.1) is 0 Å². The van der Waals surface area contributed by atoms with Crippen LogP contribution in [0.25, 0.3) is 11.0 Å². The number of sulfonamides is 1. The molecule has 23 heavy (non-hydrogen) atoms. The molecule has 7 nitrogen and oxygen atoms in total. The summed E-state index contributed by atoms with van der Waals surface area (Å²) < 4.78 is 26.4. The Morgan fingerprint density at radius 1 is 1.04 bits per heavy atom. The highest BCUT2D eigenvalue weighted by Crippen LogP contribution is 2.16. The van der Waals surface area contributed by atoms with Crippen LogP contribution in [0.2, 0.25) is 0 Å². The summed E-state index contributed by atoms with van der Waals surface area (Å²) in [5.74, 6) is -0.368. The standard InChI is InChI=1S/C15H14N4O3S/c1-18(2)23(21,22)12-9-7-11(8-10-12)15(20)19-14-6-4-3-5-13(14)16-17-19/h3-10H,1-2H3. The van der Waals surface area contributed by atoms with Gasteiger partial charge in [0.05, 0.1) is 10.4 Å². The molecule has 0 aliphatic rings. The zero-order valence-electron chi connectivity index (χ0n) is 12.5. The number of nitrogens with zero attached hydrogens (tertiary/aromatic N) is 4. The van der Waals surface area contributed by atoms with Crippen LogP contribution in [0.1, 0.15) is 10.4 Å². The first-order valence-electron chi connectivity index (χ1n) is 6.79. The van der Waals surface area contributed by atoms with Gasteiger partial charge in [-0.2, -0.15) is 4.68 Å². The molecule has 1 aromatic heterocycles. The first-order chi connectivity index (χ1) is 10.9. The maximum absolute atomic E-state index is 12.5. The Bertz CT molecular complexity index is 975. The summed E-state index contributed by atoms with van der Waals surface area (Å²) in [6.07, 6.45) is 0. The number of hydrogen-bond acceptors (Lipinski definition) is 5. The molecule has 0 unspecified atom stereocenters. The van der Waals surface area contributed by atoms with E-state index in [2.05, 4.69) is 10.3 Å². The van der Waals surface area contributed by atoms with Gasteiger partial charge in [-0.25, -0.2) is 12.7 Å². The SMILES string of the molecule is CN(C)S(=O)(=O)c1ccc(C(=O)n2nnc3ccccc32)cc1. The second-order valence-corrected chi connectivity index (χ2v) is 7.26. The third-order valence-electron chi connectivity index (χ3n) is 3.42. The highest BCUT2D eigenvalue weighted by Gasteiger charge is 2.19. The second-order valence-electron chi connectivity index (χ2n) is 5.11. The van der Waals surface area contributed by atoms with Crippen molar-refractivity contribution in [1.29, 1.82) is 0 Å². The van der Waals surface area contributed by atoms with E-state index in [1.54, 1.807) is 18.2 Å². The minimum Gasteiger partial charge on any atom is -0.267 e.